The van der Waals surface area contributed by atoms with Crippen molar-refractivity contribution in [1.82, 2.24) is 0 Å². The van der Waals surface area contributed by atoms with Gasteiger partial charge in [0.25, 0.3) is 8.32 Å². The van der Waals surface area contributed by atoms with Crippen LogP contribution < -0.4 is 10.4 Å². The van der Waals surface area contributed by atoms with E-state index in [0.717, 1.165) is 12.8 Å². The minimum Gasteiger partial charge on any atom is -0.408 e. The van der Waals surface area contributed by atoms with Crippen LogP contribution in [0.4, 0.5) is 0 Å². The molecule has 24 saturated heterocycles. The molecule has 3 N–H and O–H groups in total. The van der Waals surface area contributed by atoms with Crippen LogP contribution in [0.25, 0.3) is 0 Å². The van der Waals surface area contributed by atoms with E-state index in [1.54, 1.807) is 0 Å². The highest BCUT2D eigenvalue weighted by Gasteiger charge is 2.74. The minimum atomic E-state index is -2.97. The summed E-state index contributed by atoms with van der Waals surface area (Å²) in [5, 5.41) is 38.3. The maximum absolute atomic E-state index is 12.4. The summed E-state index contributed by atoms with van der Waals surface area (Å²) >= 11 is 0. The first-order valence-corrected chi connectivity index (χ1v) is 45.6. The van der Waals surface area contributed by atoms with Crippen LogP contribution in [0.15, 0.2) is 60.7 Å². The van der Waals surface area contributed by atoms with Crippen LogP contribution in [0.3, 0.4) is 0 Å². The molecule has 1 aliphatic carbocycles. The van der Waals surface area contributed by atoms with E-state index in [2.05, 4.69) is 218 Å². The smallest absolute Gasteiger partial charge is 0.261 e. The topological polar surface area (TPSA) is 162 Å². The summed E-state index contributed by atoms with van der Waals surface area (Å²) in [6.07, 6.45) is 1.17. The molecule has 2 aromatic rings. The van der Waals surface area contributed by atoms with Crippen molar-refractivity contribution in [3.05, 3.63) is 60.7 Å². The Morgan fingerprint density at radius 3 is 1.20 bits per heavy atom. The van der Waals surface area contributed by atoms with Gasteiger partial charge in [0.1, 0.15) is 5.60 Å². The third kappa shape index (κ3) is 12.5. The first-order chi connectivity index (χ1) is 44.3. The molecule has 24 aliphatic heterocycles. The van der Waals surface area contributed by atoms with Gasteiger partial charge in [-0.3, -0.25) is 0 Å². The lowest BCUT2D eigenvalue weighted by atomic mass is 9.60. The van der Waals surface area contributed by atoms with E-state index in [-0.39, 0.29) is 64.3 Å². The predicted molar refractivity (Wildman–Crippen MR) is 385 cm³/mol. The summed E-state index contributed by atoms with van der Waals surface area (Å²) in [7, 11) is -8.73. The van der Waals surface area contributed by atoms with Crippen molar-refractivity contribution in [2.45, 2.75) is 387 Å². The summed E-state index contributed by atoms with van der Waals surface area (Å²) in [5.41, 5.74) is -7.09. The molecule has 14 nitrogen and oxygen atoms in total. The van der Waals surface area contributed by atoms with E-state index in [1.165, 1.54) is 10.4 Å². The quantitative estimate of drug-likeness (QED) is 0.193. The van der Waals surface area contributed by atoms with E-state index in [9.17, 15) is 15.3 Å². The molecule has 25 fully saturated rings. The van der Waals surface area contributed by atoms with Gasteiger partial charge in [0.15, 0.2) is 16.6 Å². The van der Waals surface area contributed by atoms with Crippen LogP contribution in [0.5, 0.6) is 0 Å². The zero-order valence-electron chi connectivity index (χ0n) is 63.6. The Bertz CT molecular complexity index is 2910. The van der Waals surface area contributed by atoms with Crippen LogP contribution in [0, 0.1) is 29.6 Å². The highest BCUT2D eigenvalue weighted by molar-refractivity contribution is 6.99. The fourth-order valence-electron chi connectivity index (χ4n) is 20.7. The second-order valence-electron chi connectivity index (χ2n) is 38.8. The highest BCUT2D eigenvalue weighted by Crippen LogP contribution is 2.64. The van der Waals surface area contributed by atoms with E-state index >= 15 is 0 Å². The fraction of sp³-hybridized carbons (Fsp3) is 0.848. The van der Waals surface area contributed by atoms with Gasteiger partial charge >= 0.3 is 0 Å². The van der Waals surface area contributed by atoms with Gasteiger partial charge in [-0.1, -0.05) is 151 Å². The lowest BCUT2D eigenvalue weighted by Crippen LogP contribution is -2.80. The molecule has 17 heteroatoms. The molecular formula is C79H130O14Si3. The first kappa shape index (κ1) is 74.3. The van der Waals surface area contributed by atoms with Gasteiger partial charge in [0.05, 0.1) is 119 Å². The Labute approximate surface area is 582 Å². The number of aliphatic hydroxyl groups is 3. The monoisotopic (exact) mass is 1390 g/mol. The Kier molecular flexibility index (Phi) is 19.4. The molecule has 25 aliphatic rings. The van der Waals surface area contributed by atoms with Gasteiger partial charge in [0, 0.05) is 50.5 Å². The SMILES string of the molecule is C[C@@H]1CC(O[Si](C)(C)C(C)(C)C)(C2(O[Si](C)(C)C(C)(C)C)[C@@H]3CC[C@@]4(C)O[C@@]5(C)C[C@@]6(C)O[C@@H](C(CO)[C@@H]7O[C@]8(C)C[C@]9(C)O[C@]%10(C)CC[C@@H]2O[C@H]%10C[C@H]9O[C@H]8C[C@H]7O)[C@H](O)C[C@@H]6O[C@@H]5C[C@@H]4O3)C[C@@H](C)[C@@H](C)CC(O[Si](c2ccccc2)(c2ccccc2)C(C)(C)C)C[C@@H]1C. The van der Waals surface area contributed by atoms with Crippen molar-refractivity contribution >= 4 is 35.3 Å². The fourth-order valence-corrected chi connectivity index (χ4v) is 28.6. The Hall–Kier alpha value is -1.47. The third-order valence-corrected chi connectivity index (χ3v) is 42.4. The summed E-state index contributed by atoms with van der Waals surface area (Å²) in [6.45, 7) is 54.2. The van der Waals surface area contributed by atoms with Crippen LogP contribution in [-0.4, -0.2) is 171 Å². The van der Waals surface area contributed by atoms with Gasteiger partial charge in [0.2, 0.25) is 0 Å². The van der Waals surface area contributed by atoms with Gasteiger partial charge in [-0.15, -0.1) is 0 Å². The molecule has 0 unspecified atom stereocenters. The number of hydrogen-bond donors (Lipinski definition) is 3. The van der Waals surface area contributed by atoms with Crippen molar-refractivity contribution in [3.63, 3.8) is 0 Å². The molecule has 27 rings (SSSR count). The van der Waals surface area contributed by atoms with E-state index < -0.39 is 149 Å². The molecule has 542 valence electrons. The Morgan fingerprint density at radius 1 is 0.458 bits per heavy atom. The summed E-state index contributed by atoms with van der Waals surface area (Å²) in [6, 6.07) is 22.4. The zero-order valence-corrected chi connectivity index (χ0v) is 66.6. The molecule has 0 aromatic heterocycles. The molecule has 0 amide bonds. The Balaban J connectivity index is 1.05. The van der Waals surface area contributed by atoms with Crippen molar-refractivity contribution in [2.75, 3.05) is 6.61 Å². The number of hydrogen-bond acceptors (Lipinski definition) is 14. The second-order valence-corrected chi connectivity index (χ2v) is 52.5. The van der Waals surface area contributed by atoms with E-state index in [1.807, 2.05) is 0 Å². The maximum atomic E-state index is 12.4. The van der Waals surface area contributed by atoms with Gasteiger partial charge in [-0.2, -0.15) is 0 Å². The normalized spacial score (nSPS) is 47.3. The van der Waals surface area contributed by atoms with Crippen LogP contribution in [0.2, 0.25) is 41.3 Å². The second kappa shape index (κ2) is 25.1. The van der Waals surface area contributed by atoms with Crippen LogP contribution in [-0.2, 0) is 51.2 Å². The number of rotatable bonds is 10. The van der Waals surface area contributed by atoms with Crippen molar-refractivity contribution in [2.24, 2.45) is 29.6 Å². The summed E-state index contributed by atoms with van der Waals surface area (Å²) < 4.78 is 88.0. The van der Waals surface area contributed by atoms with Crippen molar-refractivity contribution in [1.29, 1.82) is 0 Å². The molecule has 0 radical (unpaired) electrons. The standard InChI is InChI=1S/C79H130O14Si3/c1-49-38-53(89-96(71(11,12)13,54-30-26-24-27-31-54)55-32-28-25-29-33-55)39-50(2)52(4)45-78(44-51(49)3,92-94(20,21)69(5,6)7)79(93-95(22,23)70(8,9)10)59-34-36-72(14)63(83-59)42-65-76(18,90-72)47-74(16)61(85-65)40-57(81)67(87-74)56(46-80)68-58(82)41-62-75(17,88-68)48-77(19)66(86-62)43-64-73(15,91-77)37-35-60(79)84-64/h24-33,49-53,56-68,80-82H,34-48H2,1-23H3/t49-,50-,51+,52+,53?,56?,57+,58+,59-,60-,61-,62-,63-,64-,65+,66+,67-,68-,72+,73+,74+,75+,76-,77-,78?,79?/m0/s1. The van der Waals surface area contributed by atoms with Crippen LogP contribution in [0.1, 0.15) is 221 Å². The molecule has 1 saturated carbocycles. The lowest BCUT2D eigenvalue weighted by molar-refractivity contribution is -0.398. The van der Waals surface area contributed by atoms with Crippen molar-refractivity contribution in [3.8, 4) is 0 Å². The van der Waals surface area contributed by atoms with Crippen molar-refractivity contribution < 1.29 is 66.5 Å². The number of benzene rings is 2. The predicted octanol–water partition coefficient (Wildman–Crippen LogP) is 14.3. The lowest BCUT2D eigenvalue weighted by Gasteiger charge is -2.68. The highest BCUT2D eigenvalue weighted by atomic mass is 28.4. The first-order valence-electron chi connectivity index (χ1n) is 37.9. The molecule has 0 spiro atoms. The van der Waals surface area contributed by atoms with Crippen LogP contribution >= 0.6 is 0 Å². The van der Waals surface area contributed by atoms with Gasteiger partial charge < -0.3 is 66.5 Å². The zero-order chi connectivity index (χ0) is 70.0. The van der Waals surface area contributed by atoms with E-state index in [4.69, 9.17) is 51.2 Å². The van der Waals surface area contributed by atoms with Gasteiger partial charge in [-0.05, 0) is 168 Å². The minimum absolute atomic E-state index is 0.0179. The Morgan fingerprint density at radius 2 is 0.823 bits per heavy atom. The summed E-state index contributed by atoms with van der Waals surface area (Å²) in [4.78, 5) is 0. The number of aliphatic hydroxyl groups excluding tert-OH is 3. The molecular weight excluding hydrogens is 1260 g/mol. The molecule has 96 heavy (non-hydrogen) atoms. The summed E-state index contributed by atoms with van der Waals surface area (Å²) in [5.74, 6) is -0.0937. The average Bonchev–Trinajstić information content (AvgIpc) is 0.692. The molecule has 2 aromatic carbocycles. The average molecular weight is 1390 g/mol. The third-order valence-electron chi connectivity index (χ3n) is 28.4. The largest absolute Gasteiger partial charge is 0.408 e. The molecule has 24 heterocycles. The van der Waals surface area contributed by atoms with Gasteiger partial charge in [-0.25, -0.2) is 0 Å². The molecule has 22 atom stereocenters. The van der Waals surface area contributed by atoms with E-state index in [0.29, 0.717) is 64.2 Å². The molecule has 16 bridgehead atoms. The maximum Gasteiger partial charge on any atom is 0.261 e. The number of ether oxygens (including phenoxy) is 8.